The minimum atomic E-state index is 0.330. The van der Waals surface area contributed by atoms with E-state index in [-0.39, 0.29) is 0 Å². The molecule has 18 heavy (non-hydrogen) atoms. The summed E-state index contributed by atoms with van der Waals surface area (Å²) >= 11 is 0. The molecule has 0 radical (unpaired) electrons. The molecule has 0 amide bonds. The second-order valence-electron chi connectivity index (χ2n) is 5.89. The van der Waals surface area contributed by atoms with Crippen LogP contribution in [0.4, 0.5) is 0 Å². The summed E-state index contributed by atoms with van der Waals surface area (Å²) in [6, 6.07) is 5.97. The van der Waals surface area contributed by atoms with Crippen LogP contribution >= 0.6 is 0 Å². The molecule has 0 aliphatic carbocycles. The van der Waals surface area contributed by atoms with Crippen LogP contribution < -0.4 is 5.32 Å². The lowest BCUT2D eigenvalue weighted by Crippen LogP contribution is -2.46. The molecule has 2 fully saturated rings. The zero-order valence-electron chi connectivity index (χ0n) is 11.5. The lowest BCUT2D eigenvalue weighted by Gasteiger charge is -2.36. The van der Waals surface area contributed by atoms with Gasteiger partial charge in [-0.25, -0.2) is 0 Å². The number of furan rings is 1. The molecule has 2 aliphatic heterocycles. The van der Waals surface area contributed by atoms with Crippen LogP contribution in [0.2, 0.25) is 0 Å². The quantitative estimate of drug-likeness (QED) is 0.891. The van der Waals surface area contributed by atoms with Crippen LogP contribution in [0, 0.1) is 6.92 Å². The molecule has 3 heterocycles. The van der Waals surface area contributed by atoms with Gasteiger partial charge in [0, 0.05) is 12.1 Å². The summed E-state index contributed by atoms with van der Waals surface area (Å²) in [6.07, 6.45) is 5.38. The second kappa shape index (κ2) is 5.06. The monoisotopic (exact) mass is 248 g/mol. The summed E-state index contributed by atoms with van der Waals surface area (Å²) in [4.78, 5) is 2.67. The van der Waals surface area contributed by atoms with E-state index in [0.29, 0.717) is 12.1 Å². The van der Waals surface area contributed by atoms with Gasteiger partial charge in [0.15, 0.2) is 0 Å². The zero-order valence-corrected chi connectivity index (χ0v) is 11.5. The zero-order chi connectivity index (χ0) is 12.5. The van der Waals surface area contributed by atoms with Crippen molar-refractivity contribution >= 4 is 0 Å². The normalized spacial score (nSPS) is 30.3. The van der Waals surface area contributed by atoms with Crippen LogP contribution in [-0.4, -0.2) is 30.1 Å². The molecular formula is C15H24N2O. The Hall–Kier alpha value is -0.800. The number of hydrogen-bond donors (Lipinski definition) is 1. The fourth-order valence-electron chi connectivity index (χ4n) is 3.50. The van der Waals surface area contributed by atoms with Gasteiger partial charge in [0.25, 0.3) is 0 Å². The van der Waals surface area contributed by atoms with Crippen molar-refractivity contribution in [3.63, 3.8) is 0 Å². The van der Waals surface area contributed by atoms with Gasteiger partial charge in [0.2, 0.25) is 0 Å². The highest BCUT2D eigenvalue weighted by Crippen LogP contribution is 2.28. The van der Waals surface area contributed by atoms with Crippen LogP contribution in [0.3, 0.4) is 0 Å². The van der Waals surface area contributed by atoms with Crippen molar-refractivity contribution in [2.45, 2.75) is 57.7 Å². The topological polar surface area (TPSA) is 28.4 Å². The van der Waals surface area contributed by atoms with Crippen LogP contribution in [0.1, 0.15) is 50.2 Å². The molecule has 2 saturated heterocycles. The lowest BCUT2D eigenvalue weighted by molar-refractivity contribution is 0.160. The van der Waals surface area contributed by atoms with Crippen LogP contribution in [0.15, 0.2) is 16.5 Å². The van der Waals surface area contributed by atoms with Crippen LogP contribution in [0.25, 0.3) is 0 Å². The Labute approximate surface area is 110 Å². The SMILES string of the molecule is Cc1ccc(C(C)NC2CCN3CCCC3C2)o1. The van der Waals surface area contributed by atoms with Gasteiger partial charge >= 0.3 is 0 Å². The van der Waals surface area contributed by atoms with E-state index in [9.17, 15) is 0 Å². The first kappa shape index (κ1) is 12.2. The molecule has 3 unspecified atom stereocenters. The first-order valence-electron chi connectivity index (χ1n) is 7.29. The number of rotatable bonds is 3. The number of aryl methyl sites for hydroxylation is 1. The molecule has 0 saturated carbocycles. The number of fused-ring (bicyclic) bond motifs is 1. The average molecular weight is 248 g/mol. The standard InChI is InChI=1S/C15H24N2O/c1-11-5-6-15(18-11)12(2)16-13-7-9-17-8-3-4-14(17)10-13/h5-6,12-14,16H,3-4,7-10H2,1-2H3. The molecule has 0 bridgehead atoms. The predicted octanol–water partition coefficient (Wildman–Crippen LogP) is 2.87. The highest BCUT2D eigenvalue weighted by Gasteiger charge is 2.32. The first-order chi connectivity index (χ1) is 8.72. The van der Waals surface area contributed by atoms with E-state index < -0.39 is 0 Å². The van der Waals surface area contributed by atoms with Gasteiger partial charge in [-0.05, 0) is 64.8 Å². The lowest BCUT2D eigenvalue weighted by atomic mass is 9.97. The summed E-state index contributed by atoms with van der Waals surface area (Å²) in [5.41, 5.74) is 0. The maximum absolute atomic E-state index is 5.70. The van der Waals surface area contributed by atoms with Crippen molar-refractivity contribution in [1.82, 2.24) is 10.2 Å². The fraction of sp³-hybridized carbons (Fsp3) is 0.733. The molecular weight excluding hydrogens is 224 g/mol. The Morgan fingerprint density at radius 1 is 1.33 bits per heavy atom. The average Bonchev–Trinajstić information content (AvgIpc) is 2.96. The summed E-state index contributed by atoms with van der Waals surface area (Å²) in [6.45, 7) is 6.81. The molecule has 100 valence electrons. The van der Waals surface area contributed by atoms with Crippen molar-refractivity contribution in [3.8, 4) is 0 Å². The highest BCUT2D eigenvalue weighted by atomic mass is 16.3. The van der Waals surface area contributed by atoms with Gasteiger partial charge in [-0.3, -0.25) is 0 Å². The van der Waals surface area contributed by atoms with E-state index in [1.807, 2.05) is 13.0 Å². The number of piperidine rings is 1. The molecule has 0 spiro atoms. The van der Waals surface area contributed by atoms with Gasteiger partial charge < -0.3 is 14.6 Å². The van der Waals surface area contributed by atoms with Crippen molar-refractivity contribution in [2.75, 3.05) is 13.1 Å². The van der Waals surface area contributed by atoms with E-state index in [1.54, 1.807) is 0 Å². The van der Waals surface area contributed by atoms with Crippen molar-refractivity contribution in [2.24, 2.45) is 0 Å². The maximum Gasteiger partial charge on any atom is 0.120 e. The highest BCUT2D eigenvalue weighted by molar-refractivity contribution is 5.09. The van der Waals surface area contributed by atoms with E-state index in [4.69, 9.17) is 4.42 Å². The molecule has 3 nitrogen and oxygen atoms in total. The maximum atomic E-state index is 5.70. The van der Waals surface area contributed by atoms with Gasteiger partial charge in [-0.2, -0.15) is 0 Å². The smallest absolute Gasteiger partial charge is 0.120 e. The third kappa shape index (κ3) is 2.47. The minimum Gasteiger partial charge on any atom is -0.465 e. The molecule has 1 aromatic heterocycles. The van der Waals surface area contributed by atoms with Gasteiger partial charge in [0.1, 0.15) is 11.5 Å². The van der Waals surface area contributed by atoms with Crippen LogP contribution in [0.5, 0.6) is 0 Å². The van der Waals surface area contributed by atoms with Crippen LogP contribution in [-0.2, 0) is 0 Å². The van der Waals surface area contributed by atoms with Crippen molar-refractivity contribution in [3.05, 3.63) is 23.7 Å². The fourth-order valence-corrected chi connectivity index (χ4v) is 3.50. The summed E-state index contributed by atoms with van der Waals surface area (Å²) in [5.74, 6) is 2.07. The van der Waals surface area contributed by atoms with Gasteiger partial charge in [-0.15, -0.1) is 0 Å². The van der Waals surface area contributed by atoms with E-state index in [0.717, 1.165) is 17.6 Å². The Kier molecular flexibility index (Phi) is 3.44. The van der Waals surface area contributed by atoms with Gasteiger partial charge in [0.05, 0.1) is 6.04 Å². The first-order valence-corrected chi connectivity index (χ1v) is 7.29. The minimum absolute atomic E-state index is 0.330. The van der Waals surface area contributed by atoms with Gasteiger partial charge in [-0.1, -0.05) is 0 Å². The van der Waals surface area contributed by atoms with Crippen molar-refractivity contribution < 1.29 is 4.42 Å². The summed E-state index contributed by atoms with van der Waals surface area (Å²) in [5, 5.41) is 3.74. The molecule has 3 heteroatoms. The molecule has 1 aromatic rings. The Morgan fingerprint density at radius 2 is 2.22 bits per heavy atom. The molecule has 3 rings (SSSR count). The number of nitrogens with one attached hydrogen (secondary N) is 1. The molecule has 3 atom stereocenters. The van der Waals surface area contributed by atoms with E-state index in [2.05, 4.69) is 23.2 Å². The Balaban J connectivity index is 1.56. The predicted molar refractivity (Wildman–Crippen MR) is 72.6 cm³/mol. The molecule has 1 N–H and O–H groups in total. The Morgan fingerprint density at radius 3 is 3.00 bits per heavy atom. The van der Waals surface area contributed by atoms with E-state index in [1.165, 1.54) is 38.8 Å². The Bertz CT molecular complexity index is 401. The van der Waals surface area contributed by atoms with Crippen molar-refractivity contribution in [1.29, 1.82) is 0 Å². The molecule has 0 aromatic carbocycles. The summed E-state index contributed by atoms with van der Waals surface area (Å²) in [7, 11) is 0. The number of hydrogen-bond acceptors (Lipinski definition) is 3. The molecule has 2 aliphatic rings. The number of nitrogens with zero attached hydrogens (tertiary/aromatic N) is 1. The van der Waals surface area contributed by atoms with E-state index >= 15 is 0 Å². The third-order valence-corrected chi connectivity index (χ3v) is 4.49. The largest absolute Gasteiger partial charge is 0.465 e. The summed E-state index contributed by atoms with van der Waals surface area (Å²) < 4.78 is 5.70. The third-order valence-electron chi connectivity index (χ3n) is 4.49. The second-order valence-corrected chi connectivity index (χ2v) is 5.89.